The SMILES string of the molecule is COc1cc(/C=C2\C(=O)NC(=O)N(c3ccc(C)c(C)c3)C2=O)cc(I)c1OCc1ccc2c(c1)OCO2. The first-order chi connectivity index (χ1) is 18.2. The Hall–Kier alpha value is -4.06. The van der Waals surface area contributed by atoms with Crippen LogP contribution in [0.2, 0.25) is 0 Å². The normalized spacial score (nSPS) is 15.6. The maximum Gasteiger partial charge on any atom is 0.335 e. The summed E-state index contributed by atoms with van der Waals surface area (Å²) in [5.41, 5.74) is 3.57. The van der Waals surface area contributed by atoms with Gasteiger partial charge in [0, 0.05) is 0 Å². The van der Waals surface area contributed by atoms with Crippen molar-refractivity contribution in [3.8, 4) is 23.0 Å². The number of anilines is 1. The van der Waals surface area contributed by atoms with Crippen molar-refractivity contribution < 1.29 is 33.3 Å². The monoisotopic (exact) mass is 626 g/mol. The number of benzene rings is 3. The summed E-state index contributed by atoms with van der Waals surface area (Å²) in [6, 6.07) is 13.4. The zero-order valence-corrected chi connectivity index (χ0v) is 23.0. The van der Waals surface area contributed by atoms with E-state index in [0.29, 0.717) is 37.8 Å². The van der Waals surface area contributed by atoms with Crippen LogP contribution in [0.4, 0.5) is 10.5 Å². The number of barbiturate groups is 1. The van der Waals surface area contributed by atoms with E-state index in [1.807, 2.05) is 38.1 Å². The predicted octanol–water partition coefficient (Wildman–Crippen LogP) is 4.89. The van der Waals surface area contributed by atoms with E-state index in [2.05, 4.69) is 27.9 Å². The number of imide groups is 2. The lowest BCUT2D eigenvalue weighted by Crippen LogP contribution is -2.54. The molecule has 194 valence electrons. The highest BCUT2D eigenvalue weighted by Gasteiger charge is 2.37. The van der Waals surface area contributed by atoms with Gasteiger partial charge in [0.2, 0.25) is 6.79 Å². The van der Waals surface area contributed by atoms with Gasteiger partial charge in [-0.25, -0.2) is 9.69 Å². The molecule has 0 saturated carbocycles. The van der Waals surface area contributed by atoms with Crippen LogP contribution < -0.4 is 29.2 Å². The molecule has 0 radical (unpaired) electrons. The highest BCUT2D eigenvalue weighted by Crippen LogP contribution is 2.37. The fourth-order valence-corrected chi connectivity index (χ4v) is 4.85. The van der Waals surface area contributed by atoms with E-state index >= 15 is 0 Å². The van der Waals surface area contributed by atoms with Gasteiger partial charge in [-0.1, -0.05) is 12.1 Å². The molecule has 1 fully saturated rings. The summed E-state index contributed by atoms with van der Waals surface area (Å²) in [7, 11) is 1.51. The van der Waals surface area contributed by atoms with Crippen LogP contribution in [0, 0.1) is 17.4 Å². The van der Waals surface area contributed by atoms with E-state index in [-0.39, 0.29) is 19.0 Å². The predicted molar refractivity (Wildman–Crippen MR) is 148 cm³/mol. The Morgan fingerprint density at radius 1 is 1.00 bits per heavy atom. The van der Waals surface area contributed by atoms with E-state index in [4.69, 9.17) is 18.9 Å². The topological polar surface area (TPSA) is 103 Å². The smallest absolute Gasteiger partial charge is 0.335 e. The summed E-state index contributed by atoms with van der Waals surface area (Å²) in [4.78, 5) is 39.4. The van der Waals surface area contributed by atoms with Crippen molar-refractivity contribution in [3.05, 3.63) is 79.9 Å². The molecule has 4 amide bonds. The first-order valence-electron chi connectivity index (χ1n) is 11.6. The number of halogens is 1. The van der Waals surface area contributed by atoms with Gasteiger partial charge in [-0.3, -0.25) is 14.9 Å². The zero-order valence-electron chi connectivity index (χ0n) is 20.8. The molecule has 0 atom stereocenters. The number of urea groups is 1. The number of nitrogens with zero attached hydrogens (tertiary/aromatic N) is 1. The van der Waals surface area contributed by atoms with Gasteiger partial charge >= 0.3 is 6.03 Å². The number of methoxy groups -OCH3 is 1. The summed E-state index contributed by atoms with van der Waals surface area (Å²) in [6.45, 7) is 4.28. The first kappa shape index (κ1) is 25.6. The van der Waals surface area contributed by atoms with Gasteiger partial charge in [-0.15, -0.1) is 0 Å². The Kier molecular flexibility index (Phi) is 6.98. The van der Waals surface area contributed by atoms with Crippen molar-refractivity contribution in [2.45, 2.75) is 20.5 Å². The second-order valence-corrected chi connectivity index (χ2v) is 9.90. The Balaban J connectivity index is 1.41. The third-order valence-electron chi connectivity index (χ3n) is 6.23. The number of carbonyl (C=O) groups is 3. The Morgan fingerprint density at radius 3 is 2.55 bits per heavy atom. The number of hydrogen-bond acceptors (Lipinski definition) is 7. The summed E-state index contributed by atoms with van der Waals surface area (Å²) < 4.78 is 23.1. The van der Waals surface area contributed by atoms with Crippen LogP contribution in [0.3, 0.4) is 0 Å². The number of amides is 4. The number of hydrogen-bond donors (Lipinski definition) is 1. The molecule has 5 rings (SSSR count). The number of rotatable bonds is 6. The summed E-state index contributed by atoms with van der Waals surface area (Å²) >= 11 is 2.11. The molecular formula is C28H23IN2O7. The lowest BCUT2D eigenvalue weighted by molar-refractivity contribution is -0.122. The maximum absolute atomic E-state index is 13.3. The van der Waals surface area contributed by atoms with Crippen molar-refractivity contribution >= 4 is 52.2 Å². The Bertz CT molecular complexity index is 1520. The van der Waals surface area contributed by atoms with Crippen molar-refractivity contribution in [2.24, 2.45) is 0 Å². The minimum Gasteiger partial charge on any atom is -0.493 e. The molecule has 3 aromatic rings. The zero-order chi connectivity index (χ0) is 27.0. The fraction of sp³-hybridized carbons (Fsp3) is 0.179. The molecule has 2 aliphatic rings. The molecule has 1 N–H and O–H groups in total. The third-order valence-corrected chi connectivity index (χ3v) is 7.03. The van der Waals surface area contributed by atoms with Crippen LogP contribution in [0.1, 0.15) is 22.3 Å². The minimum atomic E-state index is -0.792. The number of nitrogens with one attached hydrogen (secondary N) is 1. The molecule has 0 aromatic heterocycles. The lowest BCUT2D eigenvalue weighted by atomic mass is 10.0. The van der Waals surface area contributed by atoms with Gasteiger partial charge in [0.25, 0.3) is 11.8 Å². The molecule has 0 aliphatic carbocycles. The fourth-order valence-electron chi connectivity index (χ4n) is 4.07. The molecular weight excluding hydrogens is 603 g/mol. The Labute approximate surface area is 232 Å². The molecule has 1 saturated heterocycles. The summed E-state index contributed by atoms with van der Waals surface area (Å²) in [5, 5.41) is 2.26. The Morgan fingerprint density at radius 2 is 1.79 bits per heavy atom. The van der Waals surface area contributed by atoms with Crippen molar-refractivity contribution in [3.63, 3.8) is 0 Å². The van der Waals surface area contributed by atoms with Gasteiger partial charge < -0.3 is 18.9 Å². The highest BCUT2D eigenvalue weighted by atomic mass is 127. The summed E-state index contributed by atoms with van der Waals surface area (Å²) in [6.07, 6.45) is 1.43. The van der Waals surface area contributed by atoms with Crippen molar-refractivity contribution in [2.75, 3.05) is 18.8 Å². The molecule has 10 heteroatoms. The molecule has 2 aliphatic heterocycles. The second-order valence-electron chi connectivity index (χ2n) is 8.74. The first-order valence-corrected chi connectivity index (χ1v) is 12.7. The van der Waals surface area contributed by atoms with Crippen LogP contribution in [0.5, 0.6) is 23.0 Å². The lowest BCUT2D eigenvalue weighted by Gasteiger charge is -2.27. The van der Waals surface area contributed by atoms with Crippen molar-refractivity contribution in [1.29, 1.82) is 0 Å². The average molecular weight is 626 g/mol. The van der Waals surface area contributed by atoms with E-state index in [0.717, 1.165) is 21.6 Å². The van der Waals surface area contributed by atoms with Crippen LogP contribution in [0.25, 0.3) is 6.08 Å². The van der Waals surface area contributed by atoms with Crippen LogP contribution in [-0.2, 0) is 16.2 Å². The van der Waals surface area contributed by atoms with Gasteiger partial charge in [0.1, 0.15) is 12.2 Å². The average Bonchev–Trinajstić information content (AvgIpc) is 3.35. The summed E-state index contributed by atoms with van der Waals surface area (Å²) in [5.74, 6) is 0.821. The van der Waals surface area contributed by atoms with Crippen molar-refractivity contribution in [1.82, 2.24) is 5.32 Å². The van der Waals surface area contributed by atoms with Gasteiger partial charge in [-0.05, 0) is 101 Å². The number of ether oxygens (including phenoxy) is 4. The standard InChI is InChI=1S/C28H23IN2O7/c1-15-4-6-19(8-16(15)2)31-27(33)20(26(32)30-28(31)34)9-18-10-21(29)25(24(12-18)35-3)36-13-17-5-7-22-23(11-17)38-14-37-22/h4-12H,13-14H2,1-3H3,(H,30,32,34)/b20-9+. The van der Waals surface area contributed by atoms with E-state index in [9.17, 15) is 14.4 Å². The van der Waals surface area contributed by atoms with E-state index in [1.54, 1.807) is 24.3 Å². The van der Waals surface area contributed by atoms with Crippen LogP contribution in [0.15, 0.2) is 54.1 Å². The van der Waals surface area contributed by atoms with Gasteiger partial charge in [0.05, 0.1) is 16.4 Å². The number of carbonyl (C=O) groups excluding carboxylic acids is 3. The molecule has 0 spiro atoms. The second kappa shape index (κ2) is 10.4. The third kappa shape index (κ3) is 4.91. The molecule has 2 heterocycles. The van der Waals surface area contributed by atoms with E-state index in [1.165, 1.54) is 13.2 Å². The van der Waals surface area contributed by atoms with Crippen LogP contribution >= 0.6 is 22.6 Å². The molecule has 0 unspecified atom stereocenters. The largest absolute Gasteiger partial charge is 0.493 e. The molecule has 38 heavy (non-hydrogen) atoms. The number of aryl methyl sites for hydroxylation is 2. The van der Waals surface area contributed by atoms with Gasteiger partial charge in [0.15, 0.2) is 23.0 Å². The van der Waals surface area contributed by atoms with Crippen LogP contribution in [-0.4, -0.2) is 31.7 Å². The molecule has 0 bridgehead atoms. The number of fused-ring (bicyclic) bond motifs is 1. The highest BCUT2D eigenvalue weighted by molar-refractivity contribution is 14.1. The quantitative estimate of drug-likeness (QED) is 0.236. The van der Waals surface area contributed by atoms with E-state index < -0.39 is 17.8 Å². The maximum atomic E-state index is 13.3. The molecule has 9 nitrogen and oxygen atoms in total. The van der Waals surface area contributed by atoms with Gasteiger partial charge in [-0.2, -0.15) is 0 Å². The minimum absolute atomic E-state index is 0.172. The molecule has 3 aromatic carbocycles.